The Hall–Kier alpha value is -1.52. The lowest BCUT2D eigenvalue weighted by molar-refractivity contribution is 0.479. The lowest BCUT2D eigenvalue weighted by Gasteiger charge is -2.15. The van der Waals surface area contributed by atoms with Crippen molar-refractivity contribution >= 4 is 17.1 Å². The molecule has 2 rings (SSSR count). The van der Waals surface area contributed by atoms with Gasteiger partial charge in [0.2, 0.25) is 5.95 Å². The number of fused-ring (bicyclic) bond motifs is 1. The molecule has 0 aliphatic heterocycles. The molecule has 2 heterocycles. The summed E-state index contributed by atoms with van der Waals surface area (Å²) in [5, 5.41) is 4.54. The van der Waals surface area contributed by atoms with Crippen LogP contribution in [0.5, 0.6) is 0 Å². The lowest BCUT2D eigenvalue weighted by Crippen LogP contribution is -2.11. The van der Waals surface area contributed by atoms with E-state index in [1.807, 2.05) is 11.7 Å². The highest BCUT2D eigenvalue weighted by Crippen LogP contribution is 2.27. The second kappa shape index (κ2) is 6.29. The first kappa shape index (κ1) is 14.9. The molecule has 2 aromatic rings. The van der Waals surface area contributed by atoms with Crippen molar-refractivity contribution in [2.45, 2.75) is 65.3 Å². The van der Waals surface area contributed by atoms with Crippen LogP contribution < -0.4 is 5.73 Å². The molecular formula is C15H27N5. The summed E-state index contributed by atoms with van der Waals surface area (Å²) in [7, 11) is 1.98. The fraction of sp³-hybridized carbons (Fsp3) is 0.733. The summed E-state index contributed by atoms with van der Waals surface area (Å²) < 4.78 is 4.06. The topological polar surface area (TPSA) is 61.7 Å². The number of aryl methyl sites for hydroxylation is 2. The number of imidazole rings is 1. The zero-order chi connectivity index (χ0) is 14.7. The summed E-state index contributed by atoms with van der Waals surface area (Å²) in [4.78, 5) is 4.53. The number of hydrogen-bond donors (Lipinski definition) is 1. The van der Waals surface area contributed by atoms with E-state index in [0.29, 0.717) is 12.0 Å². The van der Waals surface area contributed by atoms with Crippen LogP contribution in [0.4, 0.5) is 5.95 Å². The second-order valence-electron chi connectivity index (χ2n) is 5.63. The Morgan fingerprint density at radius 2 is 1.95 bits per heavy atom. The van der Waals surface area contributed by atoms with Gasteiger partial charge in [-0.3, -0.25) is 9.25 Å². The second-order valence-corrected chi connectivity index (χ2v) is 5.63. The van der Waals surface area contributed by atoms with Crippen molar-refractivity contribution in [2.24, 2.45) is 7.05 Å². The average Bonchev–Trinajstić information content (AvgIpc) is 2.91. The van der Waals surface area contributed by atoms with Gasteiger partial charge in [-0.25, -0.2) is 4.98 Å². The van der Waals surface area contributed by atoms with Gasteiger partial charge in [-0.1, -0.05) is 39.5 Å². The number of nitrogens with zero attached hydrogens (tertiary/aromatic N) is 4. The maximum absolute atomic E-state index is 6.13. The highest BCUT2D eigenvalue weighted by molar-refractivity contribution is 5.78. The molecular weight excluding hydrogens is 250 g/mol. The van der Waals surface area contributed by atoms with Crippen LogP contribution in [0.15, 0.2) is 0 Å². The highest BCUT2D eigenvalue weighted by Gasteiger charge is 2.20. The maximum atomic E-state index is 6.13. The van der Waals surface area contributed by atoms with E-state index < -0.39 is 0 Å². The number of nitrogens with two attached hydrogens (primary N) is 1. The van der Waals surface area contributed by atoms with Crippen LogP contribution in [0.2, 0.25) is 0 Å². The van der Waals surface area contributed by atoms with E-state index >= 15 is 0 Å². The molecule has 112 valence electrons. The fourth-order valence-corrected chi connectivity index (χ4v) is 2.89. The molecule has 0 amide bonds. The molecule has 2 N–H and O–H groups in total. The van der Waals surface area contributed by atoms with Crippen LogP contribution in [0.1, 0.15) is 64.6 Å². The van der Waals surface area contributed by atoms with Crippen molar-refractivity contribution in [1.82, 2.24) is 19.3 Å². The summed E-state index contributed by atoms with van der Waals surface area (Å²) in [5.41, 5.74) is 9.19. The Morgan fingerprint density at radius 3 is 2.60 bits per heavy atom. The van der Waals surface area contributed by atoms with Gasteiger partial charge >= 0.3 is 0 Å². The zero-order valence-corrected chi connectivity index (χ0v) is 13.2. The molecule has 0 aromatic carbocycles. The molecule has 2 aromatic heterocycles. The maximum Gasteiger partial charge on any atom is 0.202 e. The van der Waals surface area contributed by atoms with E-state index in [1.54, 1.807) is 0 Å². The molecule has 1 unspecified atom stereocenters. The van der Waals surface area contributed by atoms with Crippen molar-refractivity contribution in [3.8, 4) is 0 Å². The summed E-state index contributed by atoms with van der Waals surface area (Å²) in [6.07, 6.45) is 7.15. The smallest absolute Gasteiger partial charge is 0.202 e. The molecule has 0 spiro atoms. The number of nitrogen functional groups attached to an aromatic ring is 1. The Labute approximate surface area is 121 Å². The Kier molecular flexibility index (Phi) is 4.68. The first-order valence-corrected chi connectivity index (χ1v) is 7.79. The van der Waals surface area contributed by atoms with E-state index in [-0.39, 0.29) is 0 Å². The third-order valence-electron chi connectivity index (χ3n) is 4.01. The molecule has 0 saturated carbocycles. The summed E-state index contributed by atoms with van der Waals surface area (Å²) in [6, 6.07) is 0.372. The van der Waals surface area contributed by atoms with Crippen LogP contribution in [0.25, 0.3) is 11.2 Å². The summed E-state index contributed by atoms with van der Waals surface area (Å²) >= 11 is 0. The van der Waals surface area contributed by atoms with E-state index in [4.69, 9.17) is 5.73 Å². The van der Waals surface area contributed by atoms with Crippen LogP contribution >= 0.6 is 0 Å². The predicted molar refractivity (Wildman–Crippen MR) is 83.8 cm³/mol. The van der Waals surface area contributed by atoms with Crippen molar-refractivity contribution in [2.75, 3.05) is 5.73 Å². The molecule has 0 saturated heterocycles. The summed E-state index contributed by atoms with van der Waals surface area (Å²) in [5.74, 6) is 0.616. The normalized spacial score (nSPS) is 13.2. The Morgan fingerprint density at radius 1 is 1.20 bits per heavy atom. The van der Waals surface area contributed by atoms with Gasteiger partial charge in [0, 0.05) is 13.1 Å². The minimum Gasteiger partial charge on any atom is -0.369 e. The summed E-state index contributed by atoms with van der Waals surface area (Å²) in [6.45, 7) is 6.57. The van der Waals surface area contributed by atoms with Crippen LogP contribution in [0.3, 0.4) is 0 Å². The minimum atomic E-state index is 0.372. The largest absolute Gasteiger partial charge is 0.369 e. The molecule has 5 heteroatoms. The fourth-order valence-electron chi connectivity index (χ4n) is 2.89. The number of hydrogen-bond acceptors (Lipinski definition) is 3. The van der Waals surface area contributed by atoms with Gasteiger partial charge in [-0.05, 0) is 19.8 Å². The standard InChI is InChI=1S/C15H27N5/c1-5-7-8-9-10-11(3)20-14-13(17-15(20)16)12(6-2)18-19(14)4/h11H,5-10H2,1-4H3,(H2,16,17). The number of aromatic nitrogens is 4. The van der Waals surface area contributed by atoms with Crippen molar-refractivity contribution in [3.63, 3.8) is 0 Å². The number of anilines is 1. The van der Waals surface area contributed by atoms with E-state index in [1.165, 1.54) is 25.7 Å². The van der Waals surface area contributed by atoms with Gasteiger partial charge in [-0.15, -0.1) is 0 Å². The SMILES string of the molecule is CCCCCCC(C)n1c(N)nc2c(CC)nn(C)c21. The lowest BCUT2D eigenvalue weighted by atomic mass is 10.1. The molecule has 0 bridgehead atoms. The number of unbranched alkanes of at least 4 members (excludes halogenated alkanes) is 3. The van der Waals surface area contributed by atoms with Crippen LogP contribution in [0, 0.1) is 0 Å². The number of rotatable bonds is 7. The average molecular weight is 277 g/mol. The minimum absolute atomic E-state index is 0.372. The van der Waals surface area contributed by atoms with Gasteiger partial charge in [0.05, 0.1) is 5.69 Å². The van der Waals surface area contributed by atoms with E-state index in [0.717, 1.165) is 29.7 Å². The molecule has 1 atom stereocenters. The first-order valence-electron chi connectivity index (χ1n) is 7.79. The third-order valence-corrected chi connectivity index (χ3v) is 4.01. The van der Waals surface area contributed by atoms with E-state index in [9.17, 15) is 0 Å². The predicted octanol–water partition coefficient (Wildman–Crippen LogP) is 3.45. The van der Waals surface area contributed by atoms with Crippen molar-refractivity contribution in [1.29, 1.82) is 0 Å². The van der Waals surface area contributed by atoms with Gasteiger partial charge in [0.15, 0.2) is 5.65 Å². The molecule has 0 radical (unpaired) electrons. The van der Waals surface area contributed by atoms with Gasteiger partial charge < -0.3 is 5.73 Å². The third kappa shape index (κ3) is 2.67. The molecule has 0 aliphatic rings. The first-order chi connectivity index (χ1) is 9.60. The van der Waals surface area contributed by atoms with Gasteiger partial charge in [-0.2, -0.15) is 5.10 Å². The van der Waals surface area contributed by atoms with Crippen LogP contribution in [-0.2, 0) is 13.5 Å². The molecule has 5 nitrogen and oxygen atoms in total. The van der Waals surface area contributed by atoms with E-state index in [2.05, 4.69) is 35.4 Å². The highest BCUT2D eigenvalue weighted by atomic mass is 15.4. The van der Waals surface area contributed by atoms with Crippen molar-refractivity contribution < 1.29 is 0 Å². The van der Waals surface area contributed by atoms with Gasteiger partial charge in [0.25, 0.3) is 0 Å². The molecule has 20 heavy (non-hydrogen) atoms. The Balaban J connectivity index is 2.24. The molecule has 0 aliphatic carbocycles. The quantitative estimate of drug-likeness (QED) is 0.788. The van der Waals surface area contributed by atoms with Crippen LogP contribution in [-0.4, -0.2) is 19.3 Å². The molecule has 0 fully saturated rings. The van der Waals surface area contributed by atoms with Gasteiger partial charge in [0.1, 0.15) is 5.52 Å². The van der Waals surface area contributed by atoms with Crippen molar-refractivity contribution in [3.05, 3.63) is 5.69 Å². The zero-order valence-electron chi connectivity index (χ0n) is 13.2. The Bertz CT molecular complexity index is 566. The monoisotopic (exact) mass is 277 g/mol.